The fourth-order valence-corrected chi connectivity index (χ4v) is 2.60. The number of nitrogens with zero attached hydrogens (tertiary/aromatic N) is 1. The predicted molar refractivity (Wildman–Crippen MR) is 82.7 cm³/mol. The van der Waals surface area contributed by atoms with Gasteiger partial charge in [0.25, 0.3) is 0 Å². The fraction of sp³-hybridized carbons (Fsp3) is 0.250. The van der Waals surface area contributed by atoms with E-state index in [-0.39, 0.29) is 11.2 Å². The summed E-state index contributed by atoms with van der Waals surface area (Å²) in [4.78, 5) is 16.2. The first kappa shape index (κ1) is 14.6. The van der Waals surface area contributed by atoms with Crippen LogP contribution in [0, 0.1) is 0 Å². The maximum absolute atomic E-state index is 12.0. The molecule has 0 radical (unpaired) electrons. The summed E-state index contributed by atoms with van der Waals surface area (Å²) in [6.45, 7) is 2.56. The van der Waals surface area contributed by atoms with Crippen LogP contribution < -0.4 is 5.32 Å². The molecule has 1 amide bonds. The molecular weight excluding hydrogens is 268 g/mol. The topological polar surface area (TPSA) is 42.0 Å². The lowest BCUT2D eigenvalue weighted by molar-refractivity contribution is -0.120. The zero-order chi connectivity index (χ0) is 14.2. The van der Waals surface area contributed by atoms with Crippen LogP contribution in [0.5, 0.6) is 0 Å². The Morgan fingerprint density at radius 2 is 1.95 bits per heavy atom. The number of carbonyl (C=O) groups excluding carboxylic acids is 1. The summed E-state index contributed by atoms with van der Waals surface area (Å²) < 4.78 is 0. The van der Waals surface area contributed by atoms with Crippen molar-refractivity contribution in [1.82, 2.24) is 10.3 Å². The molecule has 1 N–H and O–H groups in total. The largest absolute Gasteiger partial charge is 0.355 e. The molecule has 2 rings (SSSR count). The minimum absolute atomic E-state index is 0.0524. The summed E-state index contributed by atoms with van der Waals surface area (Å²) in [7, 11) is 0. The van der Waals surface area contributed by atoms with Crippen molar-refractivity contribution in [2.75, 3.05) is 6.54 Å². The molecule has 0 aliphatic rings. The number of thioether (sulfide) groups is 1. The zero-order valence-electron chi connectivity index (χ0n) is 11.5. The summed E-state index contributed by atoms with van der Waals surface area (Å²) in [5, 5.41) is 3.70. The average Bonchev–Trinajstić information content (AvgIpc) is 2.49. The van der Waals surface area contributed by atoms with Crippen LogP contribution in [0.25, 0.3) is 0 Å². The summed E-state index contributed by atoms with van der Waals surface area (Å²) in [6.07, 6.45) is 2.59. The number of hydrogen-bond acceptors (Lipinski definition) is 3. The molecule has 0 bridgehead atoms. The van der Waals surface area contributed by atoms with Crippen molar-refractivity contribution in [3.8, 4) is 0 Å². The smallest absolute Gasteiger partial charge is 0.233 e. The highest BCUT2D eigenvalue weighted by Gasteiger charge is 2.14. The number of aromatic nitrogens is 1. The zero-order valence-corrected chi connectivity index (χ0v) is 12.3. The second-order valence-corrected chi connectivity index (χ2v) is 5.82. The molecule has 0 fully saturated rings. The Morgan fingerprint density at radius 1 is 1.20 bits per heavy atom. The molecule has 0 spiro atoms. The lowest BCUT2D eigenvalue weighted by Gasteiger charge is -2.11. The molecule has 1 unspecified atom stereocenters. The highest BCUT2D eigenvalue weighted by atomic mass is 32.2. The van der Waals surface area contributed by atoms with E-state index in [9.17, 15) is 4.79 Å². The predicted octanol–water partition coefficient (Wildman–Crippen LogP) is 2.92. The van der Waals surface area contributed by atoms with Crippen LogP contribution in [-0.4, -0.2) is 22.7 Å². The maximum atomic E-state index is 12.0. The Labute approximate surface area is 123 Å². The van der Waals surface area contributed by atoms with Crippen LogP contribution in [0.2, 0.25) is 0 Å². The van der Waals surface area contributed by atoms with Gasteiger partial charge in [-0.1, -0.05) is 48.2 Å². The van der Waals surface area contributed by atoms with Crippen LogP contribution in [0.1, 0.15) is 12.5 Å². The number of nitrogens with one attached hydrogen (secondary N) is 1. The molecule has 1 atom stereocenters. The third-order valence-electron chi connectivity index (χ3n) is 2.86. The first-order chi connectivity index (χ1) is 9.75. The van der Waals surface area contributed by atoms with E-state index in [2.05, 4.69) is 22.4 Å². The van der Waals surface area contributed by atoms with Crippen molar-refractivity contribution in [3.63, 3.8) is 0 Å². The van der Waals surface area contributed by atoms with E-state index >= 15 is 0 Å². The summed E-state index contributed by atoms with van der Waals surface area (Å²) in [5.74, 6) is 0.0524. The minimum Gasteiger partial charge on any atom is -0.355 e. The number of amides is 1. The molecule has 3 nitrogen and oxygen atoms in total. The van der Waals surface area contributed by atoms with Crippen molar-refractivity contribution in [2.45, 2.75) is 23.6 Å². The van der Waals surface area contributed by atoms with Gasteiger partial charge in [-0.15, -0.1) is 0 Å². The number of carbonyl (C=O) groups is 1. The van der Waals surface area contributed by atoms with Crippen molar-refractivity contribution in [1.29, 1.82) is 0 Å². The van der Waals surface area contributed by atoms with Crippen LogP contribution in [0.3, 0.4) is 0 Å². The van der Waals surface area contributed by atoms with E-state index in [4.69, 9.17) is 0 Å². The standard InChI is InChI=1S/C16H18N2OS/c1-13(20-15-9-5-6-11-17-15)16(19)18-12-10-14-7-3-2-4-8-14/h2-9,11,13H,10,12H2,1H3,(H,18,19). The van der Waals surface area contributed by atoms with E-state index in [0.717, 1.165) is 11.4 Å². The Balaban J connectivity index is 1.74. The van der Waals surface area contributed by atoms with Gasteiger partial charge in [0.2, 0.25) is 5.91 Å². The van der Waals surface area contributed by atoms with Gasteiger partial charge in [-0.25, -0.2) is 4.98 Å². The van der Waals surface area contributed by atoms with Gasteiger partial charge in [-0.05, 0) is 31.0 Å². The van der Waals surface area contributed by atoms with Crippen LogP contribution >= 0.6 is 11.8 Å². The molecule has 0 aliphatic carbocycles. The van der Waals surface area contributed by atoms with Gasteiger partial charge in [0.1, 0.15) is 0 Å². The molecule has 0 aliphatic heterocycles. The molecular formula is C16H18N2OS. The van der Waals surface area contributed by atoms with Gasteiger partial charge in [-0.3, -0.25) is 4.79 Å². The van der Waals surface area contributed by atoms with Crippen molar-refractivity contribution in [3.05, 3.63) is 60.3 Å². The van der Waals surface area contributed by atoms with E-state index in [1.165, 1.54) is 17.3 Å². The summed E-state index contributed by atoms with van der Waals surface area (Å²) >= 11 is 1.47. The molecule has 1 aromatic heterocycles. The van der Waals surface area contributed by atoms with Gasteiger partial charge in [0.15, 0.2) is 0 Å². The molecule has 4 heteroatoms. The summed E-state index contributed by atoms with van der Waals surface area (Å²) in [6, 6.07) is 15.9. The van der Waals surface area contributed by atoms with Gasteiger partial charge in [-0.2, -0.15) is 0 Å². The fourth-order valence-electron chi connectivity index (χ4n) is 1.77. The van der Waals surface area contributed by atoms with Crippen LogP contribution in [-0.2, 0) is 11.2 Å². The van der Waals surface area contributed by atoms with E-state index in [0.29, 0.717) is 6.54 Å². The van der Waals surface area contributed by atoms with E-state index in [1.807, 2.05) is 43.3 Å². The van der Waals surface area contributed by atoms with Crippen molar-refractivity contribution < 1.29 is 4.79 Å². The molecule has 0 saturated heterocycles. The SMILES string of the molecule is CC(Sc1ccccn1)C(=O)NCCc1ccccc1. The molecule has 1 aromatic carbocycles. The summed E-state index contributed by atoms with van der Waals surface area (Å²) in [5.41, 5.74) is 1.23. The minimum atomic E-state index is -0.138. The van der Waals surface area contributed by atoms with Crippen LogP contribution in [0.4, 0.5) is 0 Å². The van der Waals surface area contributed by atoms with Gasteiger partial charge in [0.05, 0.1) is 10.3 Å². The molecule has 2 aromatic rings. The average molecular weight is 286 g/mol. The quantitative estimate of drug-likeness (QED) is 0.830. The van der Waals surface area contributed by atoms with Crippen molar-refractivity contribution in [2.24, 2.45) is 0 Å². The Kier molecular flexibility index (Phi) is 5.62. The van der Waals surface area contributed by atoms with Crippen molar-refractivity contribution >= 4 is 17.7 Å². The molecule has 0 saturated carbocycles. The third kappa shape index (κ3) is 4.70. The number of benzene rings is 1. The molecule has 104 valence electrons. The lowest BCUT2D eigenvalue weighted by atomic mass is 10.1. The Bertz CT molecular complexity index is 531. The van der Waals surface area contributed by atoms with E-state index < -0.39 is 0 Å². The van der Waals surface area contributed by atoms with Crippen LogP contribution in [0.15, 0.2) is 59.8 Å². The second kappa shape index (κ2) is 7.70. The number of hydrogen-bond donors (Lipinski definition) is 1. The molecule has 1 heterocycles. The second-order valence-electron chi connectivity index (χ2n) is 4.45. The maximum Gasteiger partial charge on any atom is 0.233 e. The third-order valence-corrected chi connectivity index (χ3v) is 3.91. The number of rotatable bonds is 6. The highest BCUT2D eigenvalue weighted by Crippen LogP contribution is 2.20. The molecule has 20 heavy (non-hydrogen) atoms. The first-order valence-electron chi connectivity index (χ1n) is 6.65. The Morgan fingerprint density at radius 3 is 2.65 bits per heavy atom. The van der Waals surface area contributed by atoms with Gasteiger partial charge in [0, 0.05) is 12.7 Å². The normalized spacial score (nSPS) is 11.8. The Hall–Kier alpha value is -1.81. The lowest BCUT2D eigenvalue weighted by Crippen LogP contribution is -2.32. The van der Waals surface area contributed by atoms with Gasteiger partial charge >= 0.3 is 0 Å². The highest BCUT2D eigenvalue weighted by molar-refractivity contribution is 8.00. The number of pyridine rings is 1. The van der Waals surface area contributed by atoms with Gasteiger partial charge < -0.3 is 5.32 Å². The first-order valence-corrected chi connectivity index (χ1v) is 7.53. The monoisotopic (exact) mass is 286 g/mol. The van der Waals surface area contributed by atoms with E-state index in [1.54, 1.807) is 6.20 Å².